The summed E-state index contributed by atoms with van der Waals surface area (Å²) in [4.78, 5) is 19.2. The lowest BCUT2D eigenvalue weighted by atomic mass is 9.79. The quantitative estimate of drug-likeness (QED) is 0.772. The van der Waals surface area contributed by atoms with Crippen LogP contribution in [0.25, 0.3) is 11.3 Å². The van der Waals surface area contributed by atoms with Gasteiger partial charge < -0.3 is 15.3 Å². The molecular formula is C19H22FN3O2. The van der Waals surface area contributed by atoms with Gasteiger partial charge in [0.15, 0.2) is 11.6 Å². The molecule has 2 N–H and O–H groups in total. The van der Waals surface area contributed by atoms with Crippen LogP contribution in [-0.2, 0) is 4.79 Å². The molecule has 1 aliphatic carbocycles. The van der Waals surface area contributed by atoms with Gasteiger partial charge in [-0.25, -0.2) is 9.37 Å². The van der Waals surface area contributed by atoms with Crippen molar-refractivity contribution < 1.29 is 13.9 Å². The minimum atomic E-state index is -0.425. The number of rotatable bonds is 7. The van der Waals surface area contributed by atoms with E-state index in [0.717, 1.165) is 24.8 Å². The molecule has 0 amide bonds. The van der Waals surface area contributed by atoms with Crippen molar-refractivity contribution in [3.05, 3.63) is 35.9 Å². The second-order valence-electron chi connectivity index (χ2n) is 6.45. The van der Waals surface area contributed by atoms with E-state index in [-0.39, 0.29) is 17.4 Å². The molecule has 1 fully saturated rings. The van der Waals surface area contributed by atoms with Crippen LogP contribution in [0.2, 0.25) is 0 Å². The molecule has 6 heteroatoms. The van der Waals surface area contributed by atoms with Gasteiger partial charge in [-0.3, -0.25) is 4.98 Å². The van der Waals surface area contributed by atoms with E-state index in [4.69, 9.17) is 10.5 Å². The van der Waals surface area contributed by atoms with Gasteiger partial charge in [-0.15, -0.1) is 0 Å². The van der Waals surface area contributed by atoms with Crippen molar-refractivity contribution in [3.63, 3.8) is 0 Å². The highest BCUT2D eigenvalue weighted by molar-refractivity contribution is 5.75. The third-order valence-electron chi connectivity index (χ3n) is 4.54. The van der Waals surface area contributed by atoms with E-state index in [0.29, 0.717) is 36.6 Å². The number of nitrogens with zero attached hydrogens (tertiary/aromatic N) is 2. The van der Waals surface area contributed by atoms with Crippen LogP contribution in [0.15, 0.2) is 24.5 Å². The zero-order valence-corrected chi connectivity index (χ0v) is 14.3. The van der Waals surface area contributed by atoms with Crippen LogP contribution in [0.5, 0.6) is 5.75 Å². The Labute approximate surface area is 146 Å². The number of hydrogen-bond acceptors (Lipinski definition) is 5. The number of benzene rings is 1. The van der Waals surface area contributed by atoms with Gasteiger partial charge >= 0.3 is 0 Å². The molecule has 132 valence electrons. The van der Waals surface area contributed by atoms with Crippen LogP contribution in [0.3, 0.4) is 0 Å². The van der Waals surface area contributed by atoms with Gasteiger partial charge in [-0.1, -0.05) is 12.5 Å². The SMILES string of the molecule is CC(=O)CCCOc1c(C2CCC2)ccc(-c2cnc(N)cn2)c1F. The molecule has 0 radical (unpaired) electrons. The molecule has 5 nitrogen and oxygen atoms in total. The predicted octanol–water partition coefficient (Wildman–Crippen LogP) is 3.88. The lowest BCUT2D eigenvalue weighted by Gasteiger charge is -2.28. The standard InChI is InChI=1S/C19H22FN3O2/c1-12(24)4-3-9-25-19-14(13-5-2-6-13)7-8-15(18(19)20)16-10-23-17(21)11-22-16/h7-8,10-11,13H,2-6,9H2,1H3,(H2,21,23). The molecule has 0 aliphatic heterocycles. The number of anilines is 1. The molecule has 0 unspecified atom stereocenters. The van der Waals surface area contributed by atoms with Crippen LogP contribution in [-0.4, -0.2) is 22.4 Å². The summed E-state index contributed by atoms with van der Waals surface area (Å²) in [7, 11) is 0. The average Bonchev–Trinajstić information content (AvgIpc) is 2.53. The van der Waals surface area contributed by atoms with Gasteiger partial charge in [0.25, 0.3) is 0 Å². The van der Waals surface area contributed by atoms with Crippen LogP contribution >= 0.6 is 0 Å². The molecule has 0 saturated heterocycles. The Morgan fingerprint density at radius 3 is 2.72 bits per heavy atom. The van der Waals surface area contributed by atoms with Crippen LogP contribution in [0, 0.1) is 5.82 Å². The maximum Gasteiger partial charge on any atom is 0.174 e. The van der Waals surface area contributed by atoms with Crippen molar-refractivity contribution in [1.29, 1.82) is 0 Å². The summed E-state index contributed by atoms with van der Waals surface area (Å²) in [5.74, 6) is 0.588. The first-order valence-electron chi connectivity index (χ1n) is 8.58. The minimum Gasteiger partial charge on any atom is -0.490 e. The highest BCUT2D eigenvalue weighted by Gasteiger charge is 2.26. The summed E-state index contributed by atoms with van der Waals surface area (Å²) in [5.41, 5.74) is 7.21. The van der Waals surface area contributed by atoms with E-state index in [1.165, 1.54) is 12.4 Å². The Balaban J connectivity index is 1.89. The molecule has 0 atom stereocenters. The molecule has 25 heavy (non-hydrogen) atoms. The number of carbonyl (C=O) groups is 1. The van der Waals surface area contributed by atoms with E-state index in [1.807, 2.05) is 6.07 Å². The fraction of sp³-hybridized carbons (Fsp3) is 0.421. The molecule has 1 aromatic carbocycles. The maximum atomic E-state index is 15.1. The van der Waals surface area contributed by atoms with E-state index in [1.54, 1.807) is 13.0 Å². The second-order valence-corrected chi connectivity index (χ2v) is 6.45. The first kappa shape index (κ1) is 17.3. The highest BCUT2D eigenvalue weighted by atomic mass is 19.1. The fourth-order valence-electron chi connectivity index (χ4n) is 2.93. The summed E-state index contributed by atoms with van der Waals surface area (Å²) in [6.45, 7) is 1.86. The normalized spacial score (nSPS) is 14.2. The van der Waals surface area contributed by atoms with E-state index in [9.17, 15) is 4.79 Å². The van der Waals surface area contributed by atoms with E-state index < -0.39 is 5.82 Å². The Morgan fingerprint density at radius 1 is 1.32 bits per heavy atom. The summed E-state index contributed by atoms with van der Waals surface area (Å²) >= 11 is 0. The lowest BCUT2D eigenvalue weighted by Crippen LogP contribution is -2.13. The van der Waals surface area contributed by atoms with Crippen LogP contribution < -0.4 is 10.5 Å². The van der Waals surface area contributed by atoms with Gasteiger partial charge in [0.1, 0.15) is 11.6 Å². The molecule has 1 heterocycles. The van der Waals surface area contributed by atoms with Crippen LogP contribution in [0.4, 0.5) is 10.2 Å². The molecule has 0 bridgehead atoms. The molecular weight excluding hydrogens is 321 g/mol. The van der Waals surface area contributed by atoms with Crippen molar-refractivity contribution in [1.82, 2.24) is 9.97 Å². The van der Waals surface area contributed by atoms with Gasteiger partial charge in [0.05, 0.1) is 24.7 Å². The van der Waals surface area contributed by atoms with E-state index in [2.05, 4.69) is 9.97 Å². The number of Topliss-reactive ketones (excluding diaryl/α,β-unsaturated/α-hetero) is 1. The van der Waals surface area contributed by atoms with Crippen molar-refractivity contribution in [2.75, 3.05) is 12.3 Å². The van der Waals surface area contributed by atoms with Gasteiger partial charge in [-0.2, -0.15) is 0 Å². The average molecular weight is 343 g/mol. The predicted molar refractivity (Wildman–Crippen MR) is 93.8 cm³/mol. The van der Waals surface area contributed by atoms with Gasteiger partial charge in [0.2, 0.25) is 0 Å². The molecule has 0 spiro atoms. The largest absolute Gasteiger partial charge is 0.490 e. The number of ketones is 1. The monoisotopic (exact) mass is 343 g/mol. The Hall–Kier alpha value is -2.50. The molecule has 3 rings (SSSR count). The summed E-state index contributed by atoms with van der Waals surface area (Å²) in [5, 5.41) is 0. The summed E-state index contributed by atoms with van der Waals surface area (Å²) < 4.78 is 20.9. The molecule has 1 saturated carbocycles. The van der Waals surface area contributed by atoms with Crippen molar-refractivity contribution in [2.45, 2.75) is 44.9 Å². The number of halogens is 1. The zero-order chi connectivity index (χ0) is 17.8. The number of aromatic nitrogens is 2. The van der Waals surface area contributed by atoms with Crippen molar-refractivity contribution >= 4 is 11.6 Å². The molecule has 1 aromatic heterocycles. The Morgan fingerprint density at radius 2 is 2.12 bits per heavy atom. The minimum absolute atomic E-state index is 0.106. The number of ether oxygens (including phenoxy) is 1. The first-order valence-corrected chi connectivity index (χ1v) is 8.58. The topological polar surface area (TPSA) is 78.1 Å². The third kappa shape index (κ3) is 3.95. The number of carbonyl (C=O) groups excluding carboxylic acids is 1. The number of nitrogens with two attached hydrogens (primary N) is 1. The fourth-order valence-corrected chi connectivity index (χ4v) is 2.93. The smallest absolute Gasteiger partial charge is 0.174 e. The maximum absolute atomic E-state index is 15.1. The van der Waals surface area contributed by atoms with Crippen LogP contribution in [0.1, 0.15) is 50.5 Å². The Kier molecular flexibility index (Phi) is 5.26. The summed E-state index contributed by atoms with van der Waals surface area (Å²) in [6, 6.07) is 3.65. The number of nitrogen functional groups attached to an aromatic ring is 1. The zero-order valence-electron chi connectivity index (χ0n) is 14.3. The lowest BCUT2D eigenvalue weighted by molar-refractivity contribution is -0.117. The second kappa shape index (κ2) is 7.59. The summed E-state index contributed by atoms with van der Waals surface area (Å²) in [6.07, 6.45) is 7.11. The van der Waals surface area contributed by atoms with Gasteiger partial charge in [0, 0.05) is 17.5 Å². The van der Waals surface area contributed by atoms with Gasteiger partial charge in [-0.05, 0) is 38.2 Å². The van der Waals surface area contributed by atoms with Crippen molar-refractivity contribution in [2.24, 2.45) is 0 Å². The number of hydrogen-bond donors (Lipinski definition) is 1. The first-order chi connectivity index (χ1) is 12.1. The Bertz CT molecular complexity index is 758. The van der Waals surface area contributed by atoms with E-state index >= 15 is 4.39 Å². The molecule has 1 aliphatic rings. The van der Waals surface area contributed by atoms with Crippen molar-refractivity contribution in [3.8, 4) is 17.0 Å². The highest BCUT2D eigenvalue weighted by Crippen LogP contribution is 2.43. The molecule has 2 aromatic rings. The third-order valence-corrected chi connectivity index (χ3v) is 4.54.